The van der Waals surface area contributed by atoms with Crippen molar-refractivity contribution in [3.63, 3.8) is 0 Å². The van der Waals surface area contributed by atoms with Gasteiger partial charge in [0.05, 0.1) is 0 Å². The van der Waals surface area contributed by atoms with Crippen molar-refractivity contribution in [3.8, 4) is 0 Å². The molecule has 2 aliphatic heterocycles. The summed E-state index contributed by atoms with van der Waals surface area (Å²) in [6.07, 6.45) is 3.03. The molecule has 0 radical (unpaired) electrons. The van der Waals surface area contributed by atoms with Crippen LogP contribution in [0.25, 0.3) is 0 Å². The van der Waals surface area contributed by atoms with E-state index < -0.39 is 0 Å². The van der Waals surface area contributed by atoms with Crippen LogP contribution in [0.5, 0.6) is 0 Å². The van der Waals surface area contributed by atoms with Gasteiger partial charge in [0.2, 0.25) is 5.91 Å². The zero-order valence-electron chi connectivity index (χ0n) is 13.4. The predicted octanol–water partition coefficient (Wildman–Crippen LogP) is 1.16. The molecule has 0 spiro atoms. The maximum absolute atomic E-state index is 12.1. The van der Waals surface area contributed by atoms with E-state index in [1.165, 1.54) is 16.3 Å². The van der Waals surface area contributed by atoms with Crippen LogP contribution in [-0.2, 0) is 16.0 Å². The first-order valence-electron chi connectivity index (χ1n) is 8.10. The highest BCUT2D eigenvalue weighted by molar-refractivity contribution is 6.39. The first-order chi connectivity index (χ1) is 11.1. The maximum Gasteiger partial charge on any atom is 0.267 e. The number of fused-ring (bicyclic) bond motifs is 1. The van der Waals surface area contributed by atoms with E-state index in [0.717, 1.165) is 25.9 Å². The molecule has 0 aliphatic carbocycles. The van der Waals surface area contributed by atoms with Crippen molar-refractivity contribution in [2.75, 3.05) is 31.6 Å². The number of carbonyl (C=O) groups is 2. The number of carbonyl (C=O) groups excluding carboxylic acids is 2. The van der Waals surface area contributed by atoms with Crippen LogP contribution in [0.4, 0.5) is 5.69 Å². The van der Waals surface area contributed by atoms with Gasteiger partial charge >= 0.3 is 0 Å². The average Bonchev–Trinajstić information content (AvgIpc) is 2.57. The zero-order chi connectivity index (χ0) is 16.2. The zero-order valence-corrected chi connectivity index (χ0v) is 13.4. The molecule has 1 aromatic carbocycles. The first-order valence-corrected chi connectivity index (χ1v) is 8.10. The summed E-state index contributed by atoms with van der Waals surface area (Å²) in [6.45, 7) is 2.37. The van der Waals surface area contributed by atoms with Crippen LogP contribution in [-0.4, -0.2) is 49.2 Å². The molecular formula is C17H22N4O2. The van der Waals surface area contributed by atoms with E-state index in [0.29, 0.717) is 25.1 Å². The fourth-order valence-corrected chi connectivity index (χ4v) is 3.08. The number of nitrogens with zero attached hydrogens (tertiary/aromatic N) is 3. The summed E-state index contributed by atoms with van der Waals surface area (Å²) in [5.41, 5.74) is 3.08. The van der Waals surface area contributed by atoms with Crippen LogP contribution >= 0.6 is 0 Å². The van der Waals surface area contributed by atoms with Crippen LogP contribution in [0.15, 0.2) is 29.4 Å². The Kier molecular flexibility index (Phi) is 4.60. The maximum atomic E-state index is 12.1. The quantitative estimate of drug-likeness (QED) is 0.907. The number of nitrogens with one attached hydrogen (secondary N) is 1. The van der Waals surface area contributed by atoms with E-state index in [4.69, 9.17) is 0 Å². The largest absolute Gasteiger partial charge is 0.370 e. The van der Waals surface area contributed by atoms with Gasteiger partial charge in [-0.15, -0.1) is 0 Å². The Bertz CT molecular complexity index is 641. The summed E-state index contributed by atoms with van der Waals surface area (Å²) in [5.74, 6) is -0.221. The minimum atomic E-state index is -0.172. The summed E-state index contributed by atoms with van der Waals surface area (Å²) in [6, 6.07) is 8.44. The number of benzene rings is 1. The van der Waals surface area contributed by atoms with E-state index in [1.807, 2.05) is 0 Å². The van der Waals surface area contributed by atoms with Gasteiger partial charge in [-0.1, -0.05) is 18.2 Å². The molecule has 3 rings (SSSR count). The topological polar surface area (TPSA) is 65.0 Å². The number of hydrogen-bond acceptors (Lipinski definition) is 4. The molecule has 1 N–H and O–H groups in total. The number of para-hydroxylation sites is 1. The number of rotatable bonds is 4. The molecule has 2 aliphatic rings. The lowest BCUT2D eigenvalue weighted by Gasteiger charge is -2.31. The first kappa shape index (κ1) is 15.5. The second-order valence-corrected chi connectivity index (χ2v) is 5.94. The van der Waals surface area contributed by atoms with Gasteiger partial charge in [0.1, 0.15) is 5.71 Å². The van der Waals surface area contributed by atoms with E-state index in [9.17, 15) is 9.59 Å². The molecule has 2 amide bonds. The summed E-state index contributed by atoms with van der Waals surface area (Å²) in [7, 11) is 1.58. The molecule has 0 aromatic heterocycles. The summed E-state index contributed by atoms with van der Waals surface area (Å²) in [5, 5.41) is 8.21. The van der Waals surface area contributed by atoms with E-state index in [1.54, 1.807) is 7.05 Å². The van der Waals surface area contributed by atoms with Crippen molar-refractivity contribution in [1.29, 1.82) is 0 Å². The summed E-state index contributed by atoms with van der Waals surface area (Å²) < 4.78 is 0. The SMILES string of the molecule is CN1N=C(C(=O)NCCN2CCCc3ccccc32)CCC1=O. The summed E-state index contributed by atoms with van der Waals surface area (Å²) >= 11 is 0. The van der Waals surface area contributed by atoms with Crippen LogP contribution in [0.3, 0.4) is 0 Å². The lowest BCUT2D eigenvalue weighted by molar-refractivity contribution is -0.130. The number of hydrogen-bond donors (Lipinski definition) is 1. The summed E-state index contributed by atoms with van der Waals surface area (Å²) in [4.78, 5) is 25.8. The van der Waals surface area contributed by atoms with Crippen molar-refractivity contribution in [2.45, 2.75) is 25.7 Å². The number of amides is 2. The number of hydrazone groups is 1. The molecule has 0 atom stereocenters. The highest BCUT2D eigenvalue weighted by atomic mass is 16.2. The lowest BCUT2D eigenvalue weighted by atomic mass is 10.0. The van der Waals surface area contributed by atoms with Gasteiger partial charge in [0, 0.05) is 45.2 Å². The van der Waals surface area contributed by atoms with Gasteiger partial charge in [0.15, 0.2) is 0 Å². The molecular weight excluding hydrogens is 292 g/mol. The van der Waals surface area contributed by atoms with Gasteiger partial charge in [-0.3, -0.25) is 9.59 Å². The van der Waals surface area contributed by atoms with Crippen LogP contribution < -0.4 is 10.2 Å². The third-order valence-electron chi connectivity index (χ3n) is 4.34. The molecule has 2 heterocycles. The highest BCUT2D eigenvalue weighted by Gasteiger charge is 2.22. The monoisotopic (exact) mass is 314 g/mol. The Morgan fingerprint density at radius 1 is 1.26 bits per heavy atom. The normalized spacial score (nSPS) is 17.6. The minimum absolute atomic E-state index is 0.0496. The smallest absolute Gasteiger partial charge is 0.267 e. The minimum Gasteiger partial charge on any atom is -0.370 e. The molecule has 0 saturated carbocycles. The molecule has 6 heteroatoms. The van der Waals surface area contributed by atoms with E-state index >= 15 is 0 Å². The second kappa shape index (κ2) is 6.81. The molecule has 0 fully saturated rings. The molecule has 0 unspecified atom stereocenters. The number of aryl methyl sites for hydroxylation is 1. The number of anilines is 1. The van der Waals surface area contributed by atoms with Crippen LogP contribution in [0.2, 0.25) is 0 Å². The van der Waals surface area contributed by atoms with Gasteiger partial charge < -0.3 is 10.2 Å². The Hall–Kier alpha value is -2.37. The molecule has 0 saturated heterocycles. The molecule has 1 aromatic rings. The second-order valence-electron chi connectivity index (χ2n) is 5.94. The van der Waals surface area contributed by atoms with Crippen molar-refractivity contribution < 1.29 is 9.59 Å². The molecule has 0 bridgehead atoms. The average molecular weight is 314 g/mol. The Morgan fingerprint density at radius 2 is 2.09 bits per heavy atom. The van der Waals surface area contributed by atoms with Crippen molar-refractivity contribution in [2.24, 2.45) is 5.10 Å². The predicted molar refractivity (Wildman–Crippen MR) is 89.4 cm³/mol. The molecule has 122 valence electrons. The van der Waals surface area contributed by atoms with E-state index in [2.05, 4.69) is 39.6 Å². The standard InChI is InChI=1S/C17H22N4O2/c1-20-16(22)9-8-14(19-20)17(23)18-10-12-21-11-4-6-13-5-2-3-7-15(13)21/h2-3,5,7H,4,6,8-12H2,1H3,(H,18,23). The molecule has 6 nitrogen and oxygen atoms in total. The van der Waals surface area contributed by atoms with Gasteiger partial charge in [0.25, 0.3) is 5.91 Å². The third kappa shape index (κ3) is 3.52. The van der Waals surface area contributed by atoms with Crippen molar-refractivity contribution >= 4 is 23.2 Å². The highest BCUT2D eigenvalue weighted by Crippen LogP contribution is 2.25. The van der Waals surface area contributed by atoms with Crippen molar-refractivity contribution in [1.82, 2.24) is 10.3 Å². The van der Waals surface area contributed by atoms with Crippen molar-refractivity contribution in [3.05, 3.63) is 29.8 Å². The van der Waals surface area contributed by atoms with Gasteiger partial charge in [-0.25, -0.2) is 5.01 Å². The fraction of sp³-hybridized carbons (Fsp3) is 0.471. The lowest BCUT2D eigenvalue weighted by Crippen LogP contribution is -2.41. The Labute approximate surface area is 136 Å². The third-order valence-corrected chi connectivity index (χ3v) is 4.34. The Balaban J connectivity index is 1.53. The van der Waals surface area contributed by atoms with Gasteiger partial charge in [-0.05, 0) is 24.5 Å². The van der Waals surface area contributed by atoms with E-state index in [-0.39, 0.29) is 11.8 Å². The van der Waals surface area contributed by atoms with Crippen LogP contribution in [0.1, 0.15) is 24.8 Å². The fourth-order valence-electron chi connectivity index (χ4n) is 3.08. The Morgan fingerprint density at radius 3 is 2.91 bits per heavy atom. The molecule has 23 heavy (non-hydrogen) atoms. The van der Waals surface area contributed by atoms with Gasteiger partial charge in [-0.2, -0.15) is 5.10 Å². The van der Waals surface area contributed by atoms with Crippen LogP contribution in [0, 0.1) is 0 Å².